The molecule has 0 amide bonds. The summed E-state index contributed by atoms with van der Waals surface area (Å²) in [4.78, 5) is 9.29. The predicted molar refractivity (Wildman–Crippen MR) is 49.1 cm³/mol. The average Bonchev–Trinajstić information content (AvgIpc) is 2.08. The van der Waals surface area contributed by atoms with Crippen LogP contribution in [0, 0.1) is 10.1 Å². The Balaban J connectivity index is 3.35. The number of hydrogen-bond acceptors (Lipinski definition) is 4. The summed E-state index contributed by atoms with van der Waals surface area (Å²) in [6, 6.07) is 1.88. The molecule has 88 valence electrons. The van der Waals surface area contributed by atoms with Crippen LogP contribution < -0.4 is 4.74 Å². The molecule has 0 aliphatic heterocycles. The van der Waals surface area contributed by atoms with Crippen molar-refractivity contribution in [1.82, 2.24) is 0 Å². The fourth-order valence-electron chi connectivity index (χ4n) is 0.925. The van der Waals surface area contributed by atoms with E-state index in [1.807, 2.05) is 0 Å². The van der Waals surface area contributed by atoms with Crippen LogP contribution in [0.4, 0.5) is 18.9 Å². The first-order valence-corrected chi connectivity index (χ1v) is 4.43. The molecule has 0 unspecified atom stereocenters. The molecular formula is C7H3BrF3NO4. The Bertz CT molecular complexity index is 434. The fraction of sp³-hybridized carbons (Fsp3) is 0.143. The van der Waals surface area contributed by atoms with Crippen LogP contribution in [0.2, 0.25) is 0 Å². The first-order valence-electron chi connectivity index (χ1n) is 3.64. The van der Waals surface area contributed by atoms with Crippen LogP contribution in [0.5, 0.6) is 11.5 Å². The topological polar surface area (TPSA) is 72.6 Å². The summed E-state index contributed by atoms with van der Waals surface area (Å²) in [6.45, 7) is 0. The normalized spacial score (nSPS) is 11.2. The lowest BCUT2D eigenvalue weighted by Crippen LogP contribution is -2.18. The summed E-state index contributed by atoms with van der Waals surface area (Å²) >= 11 is 2.66. The van der Waals surface area contributed by atoms with E-state index in [2.05, 4.69) is 20.7 Å². The Morgan fingerprint density at radius 3 is 2.44 bits per heavy atom. The van der Waals surface area contributed by atoms with Gasteiger partial charge in [-0.2, -0.15) is 0 Å². The van der Waals surface area contributed by atoms with Crippen molar-refractivity contribution in [1.29, 1.82) is 0 Å². The Morgan fingerprint density at radius 1 is 1.44 bits per heavy atom. The SMILES string of the molecule is O=[N+]([O-])c1c(O)ccc(Br)c1OC(F)(F)F. The van der Waals surface area contributed by atoms with Gasteiger partial charge in [0.1, 0.15) is 0 Å². The second-order valence-electron chi connectivity index (χ2n) is 2.55. The van der Waals surface area contributed by atoms with Gasteiger partial charge >= 0.3 is 12.0 Å². The fourth-order valence-corrected chi connectivity index (χ4v) is 1.33. The largest absolute Gasteiger partial charge is 0.573 e. The van der Waals surface area contributed by atoms with Gasteiger partial charge in [-0.05, 0) is 28.1 Å². The molecule has 0 aliphatic carbocycles. The number of nitro benzene ring substituents is 1. The third-order valence-corrected chi connectivity index (χ3v) is 2.09. The molecule has 5 nitrogen and oxygen atoms in total. The van der Waals surface area contributed by atoms with Gasteiger partial charge in [0.2, 0.25) is 5.75 Å². The van der Waals surface area contributed by atoms with Gasteiger partial charge in [-0.25, -0.2) is 0 Å². The Labute approximate surface area is 94.7 Å². The van der Waals surface area contributed by atoms with Crippen molar-refractivity contribution in [3.63, 3.8) is 0 Å². The summed E-state index contributed by atoms with van der Waals surface area (Å²) in [6.07, 6.45) is -5.08. The molecule has 1 aromatic rings. The molecule has 16 heavy (non-hydrogen) atoms. The van der Waals surface area contributed by atoms with Crippen molar-refractivity contribution < 1.29 is 27.9 Å². The molecule has 1 aromatic carbocycles. The first kappa shape index (κ1) is 12.6. The standard InChI is InChI=1S/C7H3BrF3NO4/c8-3-1-2-4(13)5(12(14)15)6(3)16-7(9,10)11/h1-2,13H. The van der Waals surface area contributed by atoms with Gasteiger partial charge in [-0.3, -0.25) is 10.1 Å². The van der Waals surface area contributed by atoms with E-state index < -0.39 is 28.5 Å². The minimum atomic E-state index is -5.08. The molecule has 0 spiro atoms. The summed E-state index contributed by atoms with van der Waals surface area (Å²) in [7, 11) is 0. The smallest absolute Gasteiger partial charge is 0.502 e. The third kappa shape index (κ3) is 2.75. The lowest BCUT2D eigenvalue weighted by molar-refractivity contribution is -0.389. The van der Waals surface area contributed by atoms with Crippen molar-refractivity contribution in [3.8, 4) is 11.5 Å². The molecule has 0 radical (unpaired) electrons. The van der Waals surface area contributed by atoms with Crippen LogP contribution in [0.1, 0.15) is 0 Å². The van der Waals surface area contributed by atoms with Gasteiger partial charge in [0, 0.05) is 0 Å². The number of ether oxygens (including phenoxy) is 1. The number of aromatic hydroxyl groups is 1. The zero-order valence-electron chi connectivity index (χ0n) is 7.29. The molecule has 0 aromatic heterocycles. The van der Waals surface area contributed by atoms with Crippen LogP contribution in [0.25, 0.3) is 0 Å². The summed E-state index contributed by atoms with van der Waals surface area (Å²) in [5.74, 6) is -2.00. The molecule has 0 aliphatic rings. The Hall–Kier alpha value is -1.51. The van der Waals surface area contributed by atoms with Gasteiger partial charge in [0.25, 0.3) is 0 Å². The van der Waals surface area contributed by atoms with Crippen molar-refractivity contribution >= 4 is 21.6 Å². The zero-order chi connectivity index (χ0) is 12.5. The van der Waals surface area contributed by atoms with Crippen LogP contribution in [0.15, 0.2) is 16.6 Å². The molecule has 0 atom stereocenters. The average molecular weight is 302 g/mol. The van der Waals surface area contributed by atoms with Crippen molar-refractivity contribution in [2.75, 3.05) is 0 Å². The van der Waals surface area contributed by atoms with Gasteiger partial charge < -0.3 is 9.84 Å². The zero-order valence-corrected chi connectivity index (χ0v) is 8.87. The van der Waals surface area contributed by atoms with E-state index in [1.165, 1.54) is 0 Å². The molecule has 0 bridgehead atoms. The summed E-state index contributed by atoms with van der Waals surface area (Å²) in [5, 5.41) is 19.5. The summed E-state index contributed by atoms with van der Waals surface area (Å²) < 4.78 is 39.0. The number of hydrogen-bond donors (Lipinski definition) is 1. The minimum absolute atomic E-state index is 0.283. The highest BCUT2D eigenvalue weighted by Crippen LogP contribution is 2.43. The molecule has 9 heteroatoms. The molecule has 1 rings (SSSR count). The number of nitrogens with zero attached hydrogens (tertiary/aromatic N) is 1. The molecule has 0 heterocycles. The molecule has 1 N–H and O–H groups in total. The number of benzene rings is 1. The van der Waals surface area contributed by atoms with E-state index in [4.69, 9.17) is 5.11 Å². The third-order valence-electron chi connectivity index (χ3n) is 1.46. The molecule has 0 fully saturated rings. The number of halogens is 4. The van der Waals surface area contributed by atoms with E-state index in [0.717, 1.165) is 12.1 Å². The van der Waals surface area contributed by atoms with E-state index in [1.54, 1.807) is 0 Å². The lowest BCUT2D eigenvalue weighted by atomic mass is 10.3. The molecule has 0 saturated heterocycles. The number of phenolic OH excluding ortho intramolecular Hbond substituents is 1. The highest BCUT2D eigenvalue weighted by Gasteiger charge is 2.37. The van der Waals surface area contributed by atoms with Crippen molar-refractivity contribution in [2.45, 2.75) is 6.36 Å². The van der Waals surface area contributed by atoms with E-state index >= 15 is 0 Å². The number of phenols is 1. The van der Waals surface area contributed by atoms with E-state index in [0.29, 0.717) is 0 Å². The van der Waals surface area contributed by atoms with Gasteiger partial charge in [0.05, 0.1) is 9.40 Å². The van der Waals surface area contributed by atoms with Crippen LogP contribution in [-0.4, -0.2) is 16.4 Å². The highest BCUT2D eigenvalue weighted by molar-refractivity contribution is 9.10. The molecule has 0 saturated carbocycles. The quantitative estimate of drug-likeness (QED) is 0.673. The van der Waals surface area contributed by atoms with Gasteiger partial charge in [-0.1, -0.05) is 0 Å². The van der Waals surface area contributed by atoms with Gasteiger partial charge in [-0.15, -0.1) is 13.2 Å². The minimum Gasteiger partial charge on any atom is -0.502 e. The maximum absolute atomic E-state index is 11.9. The van der Waals surface area contributed by atoms with E-state index in [-0.39, 0.29) is 4.47 Å². The van der Waals surface area contributed by atoms with Crippen LogP contribution >= 0.6 is 15.9 Å². The first-order chi connectivity index (χ1) is 7.22. The maximum Gasteiger partial charge on any atom is 0.573 e. The van der Waals surface area contributed by atoms with Gasteiger partial charge in [0.15, 0.2) is 5.75 Å². The second kappa shape index (κ2) is 4.16. The number of alkyl halides is 3. The van der Waals surface area contributed by atoms with Crippen LogP contribution in [-0.2, 0) is 0 Å². The number of nitro groups is 1. The van der Waals surface area contributed by atoms with Crippen LogP contribution in [0.3, 0.4) is 0 Å². The summed E-state index contributed by atoms with van der Waals surface area (Å²) in [5.41, 5.74) is -1.15. The lowest BCUT2D eigenvalue weighted by Gasteiger charge is -2.10. The Morgan fingerprint density at radius 2 is 2.00 bits per heavy atom. The highest BCUT2D eigenvalue weighted by atomic mass is 79.9. The van der Waals surface area contributed by atoms with Crippen molar-refractivity contribution in [2.24, 2.45) is 0 Å². The maximum atomic E-state index is 11.9. The van der Waals surface area contributed by atoms with E-state index in [9.17, 15) is 23.3 Å². The van der Waals surface area contributed by atoms with Crippen molar-refractivity contribution in [3.05, 3.63) is 26.7 Å². The number of rotatable bonds is 2. The monoisotopic (exact) mass is 301 g/mol. The Kier molecular flexibility index (Phi) is 3.27. The second-order valence-corrected chi connectivity index (χ2v) is 3.40. The molecular weight excluding hydrogens is 299 g/mol. The predicted octanol–water partition coefficient (Wildman–Crippen LogP) is 2.96.